The Morgan fingerprint density at radius 3 is 2.60 bits per heavy atom. The van der Waals surface area contributed by atoms with Gasteiger partial charge in [0.25, 0.3) is 6.43 Å². The van der Waals surface area contributed by atoms with Crippen LogP contribution < -0.4 is 5.73 Å². The smallest absolute Gasteiger partial charge is 0.436 e. The zero-order valence-corrected chi connectivity index (χ0v) is 15.5. The quantitative estimate of drug-likeness (QED) is 0.333. The molecular weight excluding hydrogens is 415 g/mol. The number of ether oxygens (including phenoxy) is 2. The maximum absolute atomic E-state index is 13.9. The van der Waals surface area contributed by atoms with Gasteiger partial charge in [-0.15, -0.1) is 4.68 Å². The van der Waals surface area contributed by atoms with E-state index in [1.807, 2.05) is 0 Å². The summed E-state index contributed by atoms with van der Waals surface area (Å²) in [5, 5.41) is 4.05. The zero-order chi connectivity index (χ0) is 21.8. The molecule has 7 nitrogen and oxygen atoms in total. The van der Waals surface area contributed by atoms with Gasteiger partial charge in [0.1, 0.15) is 11.8 Å². The van der Waals surface area contributed by atoms with Crippen molar-refractivity contribution in [3.8, 4) is 11.1 Å². The van der Waals surface area contributed by atoms with Crippen molar-refractivity contribution in [3.63, 3.8) is 0 Å². The number of aliphatic imine (C=N–C) groups is 1. The van der Waals surface area contributed by atoms with Gasteiger partial charge >= 0.3 is 6.09 Å². The number of nitrogens with two attached hydrogens (primary N) is 1. The van der Waals surface area contributed by atoms with Crippen molar-refractivity contribution in [2.45, 2.75) is 31.8 Å². The van der Waals surface area contributed by atoms with Gasteiger partial charge in [0, 0.05) is 6.61 Å². The fraction of sp³-hybridized carbons (Fsp3) is 0.389. The molecule has 1 aromatic heterocycles. The SMILES string of the molecule is N/C=N\c1c(-c2cc(F)c(F)c(F)c2)c(C2CCCCO2)nn1C(=O)OCC(F)F. The molecule has 162 valence electrons. The number of hydrogen-bond donors (Lipinski definition) is 1. The van der Waals surface area contributed by atoms with Gasteiger partial charge < -0.3 is 15.2 Å². The van der Waals surface area contributed by atoms with Crippen LogP contribution in [0, 0.1) is 17.5 Å². The molecule has 0 amide bonds. The summed E-state index contributed by atoms with van der Waals surface area (Å²) in [7, 11) is 0. The highest BCUT2D eigenvalue weighted by atomic mass is 19.3. The third-order valence-electron chi connectivity index (χ3n) is 4.35. The summed E-state index contributed by atoms with van der Waals surface area (Å²) in [5.41, 5.74) is 5.14. The number of benzene rings is 1. The first-order valence-electron chi connectivity index (χ1n) is 8.92. The summed E-state index contributed by atoms with van der Waals surface area (Å²) in [6.45, 7) is -0.830. The number of alkyl halides is 2. The molecule has 2 heterocycles. The fourth-order valence-electron chi connectivity index (χ4n) is 3.10. The Balaban J connectivity index is 2.19. The van der Waals surface area contributed by atoms with Crippen LogP contribution >= 0.6 is 0 Å². The average molecular weight is 432 g/mol. The largest absolute Gasteiger partial charge is 0.442 e. The zero-order valence-electron chi connectivity index (χ0n) is 15.5. The second kappa shape index (κ2) is 9.20. The second-order valence-electron chi connectivity index (χ2n) is 6.35. The highest BCUT2D eigenvalue weighted by Crippen LogP contribution is 2.41. The molecule has 1 aromatic carbocycles. The van der Waals surface area contributed by atoms with Gasteiger partial charge in [-0.2, -0.15) is 5.10 Å². The minimum absolute atomic E-state index is 0.0598. The molecule has 0 radical (unpaired) electrons. The number of carbonyl (C=O) groups excluding carboxylic acids is 1. The fourth-order valence-corrected chi connectivity index (χ4v) is 3.10. The van der Waals surface area contributed by atoms with Gasteiger partial charge in [0.05, 0.1) is 11.9 Å². The molecule has 1 aliphatic heterocycles. The minimum atomic E-state index is -2.92. The van der Waals surface area contributed by atoms with Gasteiger partial charge in [-0.1, -0.05) is 0 Å². The van der Waals surface area contributed by atoms with Crippen LogP contribution in [0.15, 0.2) is 17.1 Å². The van der Waals surface area contributed by atoms with Crippen LogP contribution in [-0.2, 0) is 9.47 Å². The monoisotopic (exact) mass is 432 g/mol. The Labute approximate surface area is 167 Å². The van der Waals surface area contributed by atoms with E-state index in [-0.39, 0.29) is 22.6 Å². The first-order chi connectivity index (χ1) is 14.3. The highest BCUT2D eigenvalue weighted by Gasteiger charge is 2.31. The first kappa shape index (κ1) is 21.7. The van der Waals surface area contributed by atoms with Crippen LogP contribution in [0.25, 0.3) is 11.1 Å². The van der Waals surface area contributed by atoms with E-state index in [2.05, 4.69) is 14.8 Å². The van der Waals surface area contributed by atoms with Crippen LogP contribution in [0.5, 0.6) is 0 Å². The molecule has 0 aliphatic carbocycles. The summed E-state index contributed by atoms with van der Waals surface area (Å²) >= 11 is 0. The normalized spacial score (nSPS) is 17.1. The van der Waals surface area contributed by atoms with Gasteiger partial charge in [0.2, 0.25) is 0 Å². The predicted molar refractivity (Wildman–Crippen MR) is 95.2 cm³/mol. The summed E-state index contributed by atoms with van der Waals surface area (Å²) in [6.07, 6.45) is -2.15. The number of carbonyl (C=O) groups is 1. The van der Waals surface area contributed by atoms with E-state index in [1.165, 1.54) is 0 Å². The number of rotatable bonds is 5. The van der Waals surface area contributed by atoms with Crippen LogP contribution in [0.1, 0.15) is 31.1 Å². The molecular formula is C18H17F5N4O3. The molecule has 30 heavy (non-hydrogen) atoms. The van der Waals surface area contributed by atoms with Crippen molar-refractivity contribution in [1.82, 2.24) is 9.78 Å². The number of hydrogen-bond acceptors (Lipinski definition) is 5. The number of aromatic nitrogens is 2. The van der Waals surface area contributed by atoms with Crippen molar-refractivity contribution in [3.05, 3.63) is 35.3 Å². The summed E-state index contributed by atoms with van der Waals surface area (Å²) in [6, 6.07) is 1.40. The van der Waals surface area contributed by atoms with E-state index in [0.717, 1.165) is 19.2 Å². The van der Waals surface area contributed by atoms with Crippen LogP contribution in [-0.4, -0.2) is 41.9 Å². The van der Waals surface area contributed by atoms with Crippen molar-refractivity contribution < 1.29 is 36.2 Å². The van der Waals surface area contributed by atoms with E-state index in [0.29, 0.717) is 29.8 Å². The Hall–Kier alpha value is -3.02. The molecule has 0 saturated carbocycles. The van der Waals surface area contributed by atoms with E-state index >= 15 is 0 Å². The molecule has 1 fully saturated rings. The molecule has 1 aliphatic rings. The van der Waals surface area contributed by atoms with E-state index in [9.17, 15) is 26.7 Å². The van der Waals surface area contributed by atoms with Gasteiger partial charge in [-0.3, -0.25) is 0 Å². The lowest BCUT2D eigenvalue weighted by atomic mass is 9.98. The standard InChI is InChI=1S/C18H17F5N4O3/c19-10-5-9(6-11(20)15(10)23)14-16(12-3-1-2-4-29-12)26-27(17(14)25-8-24)18(28)30-7-13(21)22/h5-6,8,12-13H,1-4,7H2,(H2,24,25). The molecule has 0 bridgehead atoms. The first-order valence-corrected chi connectivity index (χ1v) is 8.92. The lowest BCUT2D eigenvalue weighted by molar-refractivity contribution is 0.0121. The van der Waals surface area contributed by atoms with Crippen molar-refractivity contribution in [2.75, 3.05) is 13.2 Å². The molecule has 1 saturated heterocycles. The molecule has 1 unspecified atom stereocenters. The minimum Gasteiger partial charge on any atom is -0.442 e. The van der Waals surface area contributed by atoms with Gasteiger partial charge in [-0.05, 0) is 37.0 Å². The molecule has 12 heteroatoms. The number of nitrogens with zero attached hydrogens (tertiary/aromatic N) is 3. The van der Waals surface area contributed by atoms with E-state index in [1.54, 1.807) is 0 Å². The number of halogens is 5. The Morgan fingerprint density at radius 2 is 2.03 bits per heavy atom. The molecule has 2 aromatic rings. The van der Waals surface area contributed by atoms with E-state index in [4.69, 9.17) is 10.5 Å². The van der Waals surface area contributed by atoms with Gasteiger partial charge in [-0.25, -0.2) is 31.7 Å². The van der Waals surface area contributed by atoms with Gasteiger partial charge in [0.15, 0.2) is 29.9 Å². The Kier molecular flexibility index (Phi) is 6.65. The lowest BCUT2D eigenvalue weighted by Gasteiger charge is -2.22. The molecule has 1 atom stereocenters. The van der Waals surface area contributed by atoms with Crippen LogP contribution in [0.4, 0.5) is 32.6 Å². The summed E-state index contributed by atoms with van der Waals surface area (Å²) < 4.78 is 76.7. The topological polar surface area (TPSA) is 91.7 Å². The maximum atomic E-state index is 13.9. The van der Waals surface area contributed by atoms with Crippen molar-refractivity contribution >= 4 is 18.2 Å². The van der Waals surface area contributed by atoms with Crippen molar-refractivity contribution in [2.24, 2.45) is 10.7 Å². The molecule has 2 N–H and O–H groups in total. The summed E-state index contributed by atoms with van der Waals surface area (Å²) in [4.78, 5) is 16.1. The Morgan fingerprint density at radius 1 is 1.33 bits per heavy atom. The predicted octanol–water partition coefficient (Wildman–Crippen LogP) is 4.08. The van der Waals surface area contributed by atoms with Crippen LogP contribution in [0.3, 0.4) is 0 Å². The highest BCUT2D eigenvalue weighted by molar-refractivity contribution is 5.85. The molecule has 3 rings (SSSR count). The lowest BCUT2D eigenvalue weighted by Crippen LogP contribution is -2.19. The molecule has 0 spiro atoms. The van der Waals surface area contributed by atoms with E-state index < -0.39 is 42.7 Å². The van der Waals surface area contributed by atoms with Crippen molar-refractivity contribution in [1.29, 1.82) is 0 Å². The third kappa shape index (κ3) is 4.42. The third-order valence-corrected chi connectivity index (χ3v) is 4.35. The maximum Gasteiger partial charge on any atom is 0.436 e. The Bertz CT molecular complexity index is 935. The second-order valence-corrected chi connectivity index (χ2v) is 6.35. The average Bonchev–Trinajstić information content (AvgIpc) is 3.10. The summed E-state index contributed by atoms with van der Waals surface area (Å²) in [5.74, 6) is -4.96. The van der Waals surface area contributed by atoms with Crippen LogP contribution in [0.2, 0.25) is 0 Å².